The predicted octanol–water partition coefficient (Wildman–Crippen LogP) is 31.0. The van der Waals surface area contributed by atoms with E-state index >= 15 is 0 Å². The molecule has 18 aromatic rings. The monoisotopic (exact) mass is 1660 g/mol. The maximum Gasteiger partial charge on any atom is 0.137 e. The molecule has 0 heterocycles. The maximum atomic E-state index is 14.7. The molecule has 0 atom stereocenters. The molecule has 18 rings (SSSR count). The minimum Gasteiger partial charge on any atom is -0.496 e. The lowest BCUT2D eigenvalue weighted by Gasteiger charge is -2.16. The number of methoxy groups -OCH3 is 6. The molecule has 0 radical (unpaired) electrons. The van der Waals surface area contributed by atoms with E-state index in [1.165, 1.54) is 164 Å². The van der Waals surface area contributed by atoms with E-state index in [1.807, 2.05) is 25.1 Å². The van der Waals surface area contributed by atoms with Gasteiger partial charge in [0, 0.05) is 21.7 Å². The van der Waals surface area contributed by atoms with E-state index in [4.69, 9.17) is 28.4 Å². The number of aliphatic hydroxyl groups is 1. The van der Waals surface area contributed by atoms with Gasteiger partial charge in [0.25, 0.3) is 0 Å². The second-order valence-electron chi connectivity index (χ2n) is 32.6. The van der Waals surface area contributed by atoms with Crippen molar-refractivity contribution in [3.05, 3.63) is 320 Å². The summed E-state index contributed by atoms with van der Waals surface area (Å²) in [6.07, 6.45) is 12.0. The van der Waals surface area contributed by atoms with E-state index in [-0.39, 0.29) is 12.4 Å². The largest absolute Gasteiger partial charge is 0.496 e. The van der Waals surface area contributed by atoms with Gasteiger partial charge in [-0.25, -0.2) is 4.39 Å². The van der Waals surface area contributed by atoms with E-state index in [0.717, 1.165) is 143 Å². The van der Waals surface area contributed by atoms with Crippen molar-refractivity contribution in [1.82, 2.24) is 0 Å². The molecule has 0 aliphatic carbocycles. The van der Waals surface area contributed by atoms with Crippen LogP contribution in [0.1, 0.15) is 167 Å². The topological polar surface area (TPSA) is 75.6 Å². The molecule has 1 N–H and O–H groups in total. The van der Waals surface area contributed by atoms with Gasteiger partial charge in [-0.1, -0.05) is 283 Å². The Hall–Kier alpha value is -12.2. The van der Waals surface area contributed by atoms with Crippen LogP contribution >= 0.6 is 0 Å². The molecule has 0 saturated carbocycles. The Labute approximate surface area is 740 Å². The second-order valence-corrected chi connectivity index (χ2v) is 32.6. The van der Waals surface area contributed by atoms with E-state index in [9.17, 15) is 9.50 Å². The number of hydrogen-bond donors (Lipinski definition) is 1. The highest BCUT2D eigenvalue weighted by Crippen LogP contribution is 2.45. The Balaban J connectivity index is 0.000000129. The second kappa shape index (κ2) is 41.1. The number of benzene rings is 18. The third kappa shape index (κ3) is 18.4. The van der Waals surface area contributed by atoms with Crippen molar-refractivity contribution in [1.29, 1.82) is 0 Å². The van der Waals surface area contributed by atoms with Crippen LogP contribution in [0.25, 0.3) is 129 Å². The van der Waals surface area contributed by atoms with Crippen LogP contribution in [0.4, 0.5) is 4.39 Å². The Bertz CT molecular complexity index is 6890. The van der Waals surface area contributed by atoms with Crippen LogP contribution < -0.4 is 28.4 Å². The van der Waals surface area contributed by atoms with Gasteiger partial charge in [0.05, 0.1) is 60.0 Å². The molecule has 125 heavy (non-hydrogen) atoms. The normalized spacial score (nSPS) is 11.2. The van der Waals surface area contributed by atoms with Gasteiger partial charge in [0.1, 0.15) is 40.3 Å². The first-order chi connectivity index (χ1) is 60.8. The predicted molar refractivity (Wildman–Crippen MR) is 536 cm³/mol. The van der Waals surface area contributed by atoms with E-state index in [0.29, 0.717) is 17.6 Å². The summed E-state index contributed by atoms with van der Waals surface area (Å²) in [4.78, 5) is 0. The summed E-state index contributed by atoms with van der Waals surface area (Å²) in [6.45, 7) is 30.4. The van der Waals surface area contributed by atoms with Gasteiger partial charge < -0.3 is 33.5 Å². The third-order valence-electron chi connectivity index (χ3n) is 25.8. The fourth-order valence-electron chi connectivity index (χ4n) is 18.5. The molecular formula is C117H125FO7. The van der Waals surface area contributed by atoms with Crippen LogP contribution in [0.2, 0.25) is 0 Å². The zero-order valence-corrected chi connectivity index (χ0v) is 77.4. The van der Waals surface area contributed by atoms with Gasteiger partial charge in [0.2, 0.25) is 0 Å². The van der Waals surface area contributed by atoms with Gasteiger partial charge in [-0.05, 0) is 301 Å². The molecule has 0 fully saturated rings. The van der Waals surface area contributed by atoms with Crippen LogP contribution in [-0.4, -0.2) is 47.8 Å². The average Bonchev–Trinajstić information content (AvgIpc) is 0.796. The van der Waals surface area contributed by atoms with Crippen molar-refractivity contribution in [2.24, 2.45) is 0 Å². The summed E-state index contributed by atoms with van der Waals surface area (Å²) < 4.78 is 48.5. The number of rotatable bonds is 19. The van der Waals surface area contributed by atoms with Crippen molar-refractivity contribution in [3.8, 4) is 34.5 Å². The molecule has 0 aliphatic heterocycles. The summed E-state index contributed by atoms with van der Waals surface area (Å²) >= 11 is 0. The molecular weight excluding hydrogens is 1540 g/mol. The first-order valence-corrected chi connectivity index (χ1v) is 45.3. The first kappa shape index (κ1) is 90.5. The van der Waals surface area contributed by atoms with Gasteiger partial charge in [-0.15, -0.1) is 0 Å². The van der Waals surface area contributed by atoms with Crippen molar-refractivity contribution in [2.75, 3.05) is 42.7 Å². The number of halogens is 1. The van der Waals surface area contributed by atoms with E-state index < -0.39 is 0 Å². The fraction of sp³-hybridized carbons (Fsp3) is 0.282. The van der Waals surface area contributed by atoms with E-state index in [1.54, 1.807) is 42.7 Å². The maximum absolute atomic E-state index is 14.7. The molecule has 0 aliphatic rings. The molecule has 0 amide bonds. The number of aliphatic hydroxyl groups excluding tert-OH is 1. The minimum absolute atomic E-state index is 0.0147. The molecule has 0 aromatic heterocycles. The minimum atomic E-state index is -0.159. The van der Waals surface area contributed by atoms with Crippen LogP contribution in [0, 0.1) is 19.7 Å². The number of fused-ring (bicyclic) bond motifs is 18. The lowest BCUT2D eigenvalue weighted by atomic mass is 9.91. The highest BCUT2D eigenvalue weighted by atomic mass is 19.1. The van der Waals surface area contributed by atoms with Gasteiger partial charge in [-0.2, -0.15) is 0 Å². The zero-order valence-electron chi connectivity index (χ0n) is 77.4. The highest BCUT2D eigenvalue weighted by molar-refractivity contribution is 6.16. The summed E-state index contributed by atoms with van der Waals surface area (Å²) in [5.41, 5.74) is 19.1. The van der Waals surface area contributed by atoms with Crippen LogP contribution in [-0.2, 0) is 83.7 Å². The molecule has 642 valence electrons. The Morgan fingerprint density at radius 1 is 0.224 bits per heavy atom. The van der Waals surface area contributed by atoms with Crippen molar-refractivity contribution >= 4 is 129 Å². The Morgan fingerprint density at radius 2 is 0.544 bits per heavy atom. The smallest absolute Gasteiger partial charge is 0.137 e. The summed E-state index contributed by atoms with van der Waals surface area (Å²) in [5.74, 6) is 5.05. The lowest BCUT2D eigenvalue weighted by molar-refractivity contribution is 0.276. The molecule has 0 bridgehead atoms. The number of aryl methyl sites for hydroxylation is 13. The van der Waals surface area contributed by atoms with Crippen molar-refractivity contribution < 1.29 is 37.9 Å². The third-order valence-corrected chi connectivity index (χ3v) is 25.8. The fourth-order valence-corrected chi connectivity index (χ4v) is 18.5. The van der Waals surface area contributed by atoms with Crippen molar-refractivity contribution in [2.45, 2.75) is 181 Å². The first-order valence-electron chi connectivity index (χ1n) is 45.3. The summed E-state index contributed by atoms with van der Waals surface area (Å²) in [7, 11) is 10.3. The van der Waals surface area contributed by atoms with Crippen LogP contribution in [0.5, 0.6) is 34.5 Å². The molecule has 0 unspecified atom stereocenters. The standard InChI is InChI=1S/2C20H22O2.C20H22.C19H19FO.2C19H20O/c1-5-13-7-9-16-15(11-13)12-18(21-3)19-17(16)10-8-14(6-2)20(19)22-4;1-4-13-6-8-15-16-9-7-14(5-2)11-18(16)20(22-3)19(12-21)17(15)10-13;1-5-15-7-9-19-16(12-15)8-10-18-14(4)17(6-2)13(3)11-20(18)19;1-4-12-6-8-15-14(10-12)11-17(21-3)18-16(15)9-7-13(5-2)19(18)20;1-4-13-6-9-16-15(12-13)8-11-18-17(16)10-7-14(5-2)19(18)20-3;1-4-13-6-8-16-15(10-13)12-19(20-3)18-11-14(5-2)7-9-17(16)18/h7-12H,5-6H2,1-4H3;6-11,21H,4-5,12H2,1-3H3;7-12H,5-6H2,1-4H3;6-11H,4-5H2,1-3H3;2*6-12H,4-5H2,1-3H3. The molecule has 0 saturated heterocycles. The van der Waals surface area contributed by atoms with Crippen LogP contribution in [0.15, 0.2) is 231 Å². The average molecular weight is 1660 g/mol. The van der Waals surface area contributed by atoms with Gasteiger partial charge in [-0.3, -0.25) is 0 Å². The molecule has 7 nitrogen and oxygen atoms in total. The van der Waals surface area contributed by atoms with Gasteiger partial charge in [0.15, 0.2) is 0 Å². The SMILES string of the molecule is CCc1ccc2c(c1)c(CO)c(OC)c1cc(CC)ccc12.CCc1ccc2c(c1)cc(OC)c1c(F)c(CC)ccc12.CCc1ccc2c(c1)cc(OC)c1c(OC)c(CC)ccc12.CCc1ccc2c(c1)cc(OC)c1cc(CC)ccc12.CCc1ccc2c(ccc3c(C)c(CC)c(C)cc32)c1.CCc1ccc2c(ccc3c(OC)c(CC)ccc32)c1. The van der Waals surface area contributed by atoms with Crippen LogP contribution in [0.3, 0.4) is 0 Å². The summed E-state index contributed by atoms with van der Waals surface area (Å²) in [5, 5.41) is 38.6. The molecule has 0 spiro atoms. The Morgan fingerprint density at radius 3 is 0.976 bits per heavy atom. The lowest BCUT2D eigenvalue weighted by Crippen LogP contribution is -1.97. The Kier molecular flexibility index (Phi) is 29.7. The highest BCUT2D eigenvalue weighted by Gasteiger charge is 2.21. The van der Waals surface area contributed by atoms with Crippen molar-refractivity contribution in [3.63, 3.8) is 0 Å². The molecule has 8 heteroatoms. The summed E-state index contributed by atoms with van der Waals surface area (Å²) in [6, 6.07) is 83.3. The zero-order chi connectivity index (χ0) is 88.9. The number of hydrogen-bond acceptors (Lipinski definition) is 7. The van der Waals surface area contributed by atoms with Gasteiger partial charge >= 0.3 is 0 Å². The quantitative estimate of drug-likeness (QED) is 0.0809. The number of ether oxygens (including phenoxy) is 6. The molecule has 18 aromatic carbocycles. The van der Waals surface area contributed by atoms with E-state index in [2.05, 4.69) is 302 Å².